The van der Waals surface area contributed by atoms with Crippen molar-refractivity contribution in [3.8, 4) is 0 Å². The molecule has 2 N–H and O–H groups in total. The summed E-state index contributed by atoms with van der Waals surface area (Å²) in [6.45, 7) is 10.8. The molecular weight excluding hydrogens is 405 g/mol. The number of anilines is 1. The van der Waals surface area contributed by atoms with Crippen LogP contribution in [-0.2, 0) is 4.74 Å². The van der Waals surface area contributed by atoms with Crippen LogP contribution in [0.25, 0.3) is 0 Å². The minimum absolute atomic E-state index is 0.0545. The first kappa shape index (κ1) is 22.4. The van der Waals surface area contributed by atoms with Crippen LogP contribution in [0.15, 0.2) is 0 Å². The molecule has 0 aromatic carbocycles. The monoisotopic (exact) mass is 427 g/mol. The number of halogens is 2. The second kappa shape index (κ2) is 9.89. The summed E-state index contributed by atoms with van der Waals surface area (Å²) in [5, 5.41) is 5.93. The van der Waals surface area contributed by atoms with Gasteiger partial charge in [0.05, 0.1) is 0 Å². The summed E-state index contributed by atoms with van der Waals surface area (Å²) in [6, 6.07) is 0. The summed E-state index contributed by atoms with van der Waals surface area (Å²) in [4.78, 5) is 23.2. The number of ether oxygens (including phenoxy) is 1. The molecule has 142 valence electrons. The van der Waals surface area contributed by atoms with Gasteiger partial charge in [-0.3, -0.25) is 0 Å². The van der Waals surface area contributed by atoms with Gasteiger partial charge in [0.1, 0.15) is 5.60 Å². The molecule has 0 aliphatic rings. The molecule has 0 radical (unpaired) electrons. The number of nitrogens with one attached hydrogen (secondary N) is 2. The summed E-state index contributed by atoms with van der Waals surface area (Å²) in [7, 11) is 3.36. The summed E-state index contributed by atoms with van der Waals surface area (Å²) >= 11 is 11.4. The molecule has 1 aromatic heterocycles. The quantitative estimate of drug-likeness (QED) is 0.469. The highest BCUT2D eigenvalue weighted by atomic mass is 35.5. The summed E-state index contributed by atoms with van der Waals surface area (Å²) in [6.07, 6.45) is -0.406. The van der Waals surface area contributed by atoms with Crippen molar-refractivity contribution in [3.63, 3.8) is 0 Å². The van der Waals surface area contributed by atoms with Crippen molar-refractivity contribution >= 4 is 56.8 Å². The maximum atomic E-state index is 11.7. The number of amides is 1. The zero-order valence-electron chi connectivity index (χ0n) is 14.9. The standard InChI is InChI=1S/C14H23Cl2N5O2S2/c1-13(2,3)23-12(22)18-8-14(4,5)25-24-7-6-17-11-20-9(15)19-10(16)21-11/h6-8H2,1-5H3,(H,18,22)(H,17,19,20,21). The maximum absolute atomic E-state index is 11.7. The second-order valence-electron chi connectivity index (χ2n) is 6.64. The van der Waals surface area contributed by atoms with Crippen LogP contribution in [0.4, 0.5) is 10.7 Å². The smallest absolute Gasteiger partial charge is 0.407 e. The van der Waals surface area contributed by atoms with E-state index in [0.717, 1.165) is 5.75 Å². The van der Waals surface area contributed by atoms with E-state index in [2.05, 4.69) is 39.4 Å². The normalized spacial score (nSPS) is 12.0. The predicted molar refractivity (Wildman–Crippen MR) is 107 cm³/mol. The van der Waals surface area contributed by atoms with Gasteiger partial charge in [0, 0.05) is 23.6 Å². The highest BCUT2D eigenvalue weighted by Crippen LogP contribution is 2.34. The predicted octanol–water partition coefficient (Wildman–Crippen LogP) is 4.28. The lowest BCUT2D eigenvalue weighted by atomic mass is 10.2. The molecule has 0 saturated carbocycles. The van der Waals surface area contributed by atoms with Crippen molar-refractivity contribution < 1.29 is 9.53 Å². The Bertz CT molecular complexity index is 565. The topological polar surface area (TPSA) is 89.0 Å². The van der Waals surface area contributed by atoms with Gasteiger partial charge in [-0.05, 0) is 57.8 Å². The van der Waals surface area contributed by atoms with Crippen LogP contribution in [0.2, 0.25) is 10.6 Å². The van der Waals surface area contributed by atoms with E-state index in [-0.39, 0.29) is 15.3 Å². The summed E-state index contributed by atoms with van der Waals surface area (Å²) in [5.41, 5.74) is -0.497. The fourth-order valence-corrected chi connectivity index (χ4v) is 4.16. The summed E-state index contributed by atoms with van der Waals surface area (Å²) in [5.74, 6) is 1.16. The van der Waals surface area contributed by atoms with Gasteiger partial charge in [-0.2, -0.15) is 15.0 Å². The lowest BCUT2D eigenvalue weighted by Gasteiger charge is -2.25. The Morgan fingerprint density at radius 2 is 1.72 bits per heavy atom. The Hall–Kier alpha value is -0.640. The third-order valence-corrected chi connectivity index (χ3v) is 6.02. The fourth-order valence-electron chi connectivity index (χ4n) is 1.44. The number of alkyl carbamates (subject to hydrolysis) is 1. The van der Waals surface area contributed by atoms with E-state index in [1.165, 1.54) is 0 Å². The van der Waals surface area contributed by atoms with Crippen LogP contribution in [-0.4, -0.2) is 50.2 Å². The SMILES string of the molecule is CC(C)(C)OC(=O)NCC(C)(C)SSCCNc1nc(Cl)nc(Cl)n1. The molecule has 0 aliphatic carbocycles. The molecule has 7 nitrogen and oxygen atoms in total. The van der Waals surface area contributed by atoms with Crippen molar-refractivity contribution in [3.05, 3.63) is 10.6 Å². The van der Waals surface area contributed by atoms with Crippen molar-refractivity contribution in [2.45, 2.75) is 45.0 Å². The fraction of sp³-hybridized carbons (Fsp3) is 0.714. The number of nitrogens with zero attached hydrogens (tertiary/aromatic N) is 3. The number of hydrogen-bond acceptors (Lipinski definition) is 8. The molecule has 25 heavy (non-hydrogen) atoms. The Kier molecular flexibility index (Phi) is 8.86. The van der Waals surface area contributed by atoms with E-state index < -0.39 is 11.7 Å². The third kappa shape index (κ3) is 10.8. The lowest BCUT2D eigenvalue weighted by molar-refractivity contribution is 0.0524. The largest absolute Gasteiger partial charge is 0.444 e. The Morgan fingerprint density at radius 1 is 1.12 bits per heavy atom. The van der Waals surface area contributed by atoms with Crippen LogP contribution < -0.4 is 10.6 Å². The van der Waals surface area contributed by atoms with Gasteiger partial charge in [-0.25, -0.2) is 4.79 Å². The Labute approximate surface area is 166 Å². The summed E-state index contributed by atoms with van der Waals surface area (Å²) < 4.78 is 5.09. The van der Waals surface area contributed by atoms with Gasteiger partial charge >= 0.3 is 6.09 Å². The maximum Gasteiger partial charge on any atom is 0.407 e. The molecular formula is C14H23Cl2N5O2S2. The molecule has 0 unspecified atom stereocenters. The number of aromatic nitrogens is 3. The average Bonchev–Trinajstić information content (AvgIpc) is 2.42. The van der Waals surface area contributed by atoms with Gasteiger partial charge in [-0.15, -0.1) is 0 Å². The lowest BCUT2D eigenvalue weighted by Crippen LogP contribution is -2.39. The van der Waals surface area contributed by atoms with Crippen molar-refractivity contribution in [2.75, 3.05) is 24.2 Å². The van der Waals surface area contributed by atoms with Crippen molar-refractivity contribution in [2.24, 2.45) is 0 Å². The van der Waals surface area contributed by atoms with Gasteiger partial charge in [0.15, 0.2) is 0 Å². The molecule has 1 aromatic rings. The van der Waals surface area contributed by atoms with Crippen LogP contribution in [0, 0.1) is 0 Å². The van der Waals surface area contributed by atoms with Gasteiger partial charge in [0.2, 0.25) is 16.5 Å². The van der Waals surface area contributed by atoms with Crippen molar-refractivity contribution in [1.82, 2.24) is 20.3 Å². The zero-order valence-corrected chi connectivity index (χ0v) is 18.0. The van der Waals surface area contributed by atoms with Crippen molar-refractivity contribution in [1.29, 1.82) is 0 Å². The Morgan fingerprint density at radius 3 is 2.28 bits per heavy atom. The van der Waals surface area contributed by atoms with Crippen LogP contribution >= 0.6 is 44.8 Å². The second-order valence-corrected chi connectivity index (χ2v) is 10.4. The number of hydrogen-bond donors (Lipinski definition) is 2. The van der Waals surface area contributed by atoms with Crippen LogP contribution in [0.3, 0.4) is 0 Å². The van der Waals surface area contributed by atoms with E-state index in [9.17, 15) is 4.79 Å². The molecule has 0 saturated heterocycles. The van der Waals surface area contributed by atoms with E-state index in [4.69, 9.17) is 27.9 Å². The molecule has 0 atom stereocenters. The van der Waals surface area contributed by atoms with Gasteiger partial charge in [0.25, 0.3) is 0 Å². The van der Waals surface area contributed by atoms with E-state index in [1.54, 1.807) is 21.6 Å². The van der Waals surface area contributed by atoms with Crippen LogP contribution in [0.1, 0.15) is 34.6 Å². The van der Waals surface area contributed by atoms with E-state index >= 15 is 0 Å². The van der Waals surface area contributed by atoms with Gasteiger partial charge < -0.3 is 15.4 Å². The Balaban J connectivity index is 2.24. The zero-order chi connectivity index (χ0) is 19.1. The van der Waals surface area contributed by atoms with E-state index in [1.807, 2.05) is 20.8 Å². The molecule has 1 rings (SSSR count). The molecule has 0 fully saturated rings. The first-order chi connectivity index (χ1) is 11.5. The minimum atomic E-state index is -0.497. The molecule has 0 spiro atoms. The number of carbonyl (C=O) groups excluding carboxylic acids is 1. The van der Waals surface area contributed by atoms with Gasteiger partial charge in [-0.1, -0.05) is 21.6 Å². The molecule has 11 heteroatoms. The first-order valence-corrected chi connectivity index (χ1v) is 10.6. The minimum Gasteiger partial charge on any atom is -0.444 e. The molecule has 0 bridgehead atoms. The highest BCUT2D eigenvalue weighted by molar-refractivity contribution is 8.77. The number of rotatable bonds is 8. The molecule has 1 heterocycles. The number of carbonyl (C=O) groups is 1. The first-order valence-electron chi connectivity index (χ1n) is 7.55. The molecule has 0 aliphatic heterocycles. The highest BCUT2D eigenvalue weighted by Gasteiger charge is 2.22. The third-order valence-electron chi connectivity index (χ3n) is 2.39. The van der Waals surface area contributed by atoms with Crippen LogP contribution in [0.5, 0.6) is 0 Å². The molecule has 1 amide bonds. The average molecular weight is 428 g/mol. The van der Waals surface area contributed by atoms with E-state index in [0.29, 0.717) is 19.0 Å².